The molecule has 4 nitrogen and oxygen atoms in total. The van der Waals surface area contributed by atoms with E-state index in [4.69, 9.17) is 10.2 Å². The molecule has 0 radical (unpaired) electrons. The maximum atomic E-state index is 10.3. The molecule has 0 saturated heterocycles. The van der Waals surface area contributed by atoms with Crippen LogP contribution in [0.3, 0.4) is 0 Å². The fourth-order valence-corrected chi connectivity index (χ4v) is 0.787. The highest BCUT2D eigenvalue weighted by molar-refractivity contribution is 9.10. The summed E-state index contributed by atoms with van der Waals surface area (Å²) in [5.74, 6) is -2.87. The summed E-state index contributed by atoms with van der Waals surface area (Å²) in [5, 5.41) is 16.9. The molecule has 68 valence electrons. The average molecular weight is 237 g/mol. The van der Waals surface area contributed by atoms with Crippen LogP contribution >= 0.6 is 15.9 Å². The van der Waals surface area contributed by atoms with Crippen LogP contribution in [0.1, 0.15) is 13.8 Å². The highest BCUT2D eigenvalue weighted by Gasteiger charge is 2.20. The van der Waals surface area contributed by atoms with E-state index < -0.39 is 21.8 Å². The minimum Gasteiger partial charge on any atom is -0.477 e. The lowest BCUT2D eigenvalue weighted by molar-refractivity contribution is -0.140. The van der Waals surface area contributed by atoms with Crippen LogP contribution in [0, 0.1) is 0 Å². The number of hydrogen-bond acceptors (Lipinski definition) is 2. The number of alkyl halides is 1. The molecular weight excluding hydrogens is 228 g/mol. The second kappa shape index (κ2) is 3.71. The lowest BCUT2D eigenvalue weighted by Crippen LogP contribution is -2.16. The fraction of sp³-hybridized carbons (Fsp3) is 0.429. The van der Waals surface area contributed by atoms with E-state index in [1.165, 1.54) is 0 Å². The summed E-state index contributed by atoms with van der Waals surface area (Å²) in [7, 11) is 0. The Balaban J connectivity index is 4.88. The Morgan fingerprint density at radius 1 is 1.25 bits per heavy atom. The summed E-state index contributed by atoms with van der Waals surface area (Å²) in [6, 6.07) is 0. The number of aliphatic carboxylic acids is 2. The van der Waals surface area contributed by atoms with E-state index >= 15 is 0 Å². The summed E-state index contributed by atoms with van der Waals surface area (Å²) in [5.41, 5.74) is -0.628. The second-order valence-electron chi connectivity index (χ2n) is 2.73. The molecule has 0 unspecified atom stereocenters. The average Bonchev–Trinajstić information content (AvgIpc) is 1.79. The van der Waals surface area contributed by atoms with Crippen LogP contribution in [0.2, 0.25) is 0 Å². The summed E-state index contributed by atoms with van der Waals surface area (Å²) >= 11 is 3.11. The number of halogens is 1. The standard InChI is InChI=1S/C7H9BrO4/c1-7(2,8)3-4(5(9)10)6(11)12/h3H,1-2H3,(H,9,10)(H,11,12). The third-order valence-corrected chi connectivity index (χ3v) is 1.18. The zero-order valence-electron chi connectivity index (χ0n) is 6.67. The van der Waals surface area contributed by atoms with Crippen molar-refractivity contribution >= 4 is 27.9 Å². The maximum Gasteiger partial charge on any atom is 0.342 e. The van der Waals surface area contributed by atoms with Gasteiger partial charge in [-0.1, -0.05) is 15.9 Å². The van der Waals surface area contributed by atoms with Crippen LogP contribution < -0.4 is 0 Å². The molecule has 0 spiro atoms. The third-order valence-electron chi connectivity index (χ3n) is 0.948. The molecule has 0 aromatic carbocycles. The van der Waals surface area contributed by atoms with Crippen LogP contribution in [0.4, 0.5) is 0 Å². The highest BCUT2D eigenvalue weighted by atomic mass is 79.9. The zero-order valence-corrected chi connectivity index (χ0v) is 8.25. The molecule has 0 aliphatic heterocycles. The van der Waals surface area contributed by atoms with E-state index in [2.05, 4.69) is 15.9 Å². The minimum atomic E-state index is -1.44. The molecule has 2 N–H and O–H groups in total. The number of carboxylic acids is 2. The van der Waals surface area contributed by atoms with Crippen molar-refractivity contribution in [1.82, 2.24) is 0 Å². The Bertz CT molecular complexity index is 220. The van der Waals surface area contributed by atoms with Gasteiger partial charge in [0.15, 0.2) is 0 Å². The third kappa shape index (κ3) is 4.12. The van der Waals surface area contributed by atoms with Gasteiger partial charge in [-0.05, 0) is 19.9 Å². The van der Waals surface area contributed by atoms with Crippen molar-refractivity contribution < 1.29 is 19.8 Å². The normalized spacial score (nSPS) is 10.6. The van der Waals surface area contributed by atoms with Crippen LogP contribution in [0.5, 0.6) is 0 Å². The molecule has 0 aliphatic rings. The van der Waals surface area contributed by atoms with Gasteiger partial charge in [-0.2, -0.15) is 0 Å². The largest absolute Gasteiger partial charge is 0.477 e. The quantitative estimate of drug-likeness (QED) is 0.335. The Morgan fingerprint density at radius 2 is 1.58 bits per heavy atom. The fourth-order valence-electron chi connectivity index (χ4n) is 0.558. The first-order chi connectivity index (χ1) is 5.24. The predicted molar refractivity (Wildman–Crippen MR) is 46.4 cm³/mol. The predicted octanol–water partition coefficient (Wildman–Crippen LogP) is 1.26. The topological polar surface area (TPSA) is 74.6 Å². The van der Waals surface area contributed by atoms with Crippen molar-refractivity contribution in [3.05, 3.63) is 11.6 Å². The molecular formula is C7H9BrO4. The van der Waals surface area contributed by atoms with E-state index in [1.54, 1.807) is 13.8 Å². The van der Waals surface area contributed by atoms with Gasteiger partial charge >= 0.3 is 11.9 Å². The smallest absolute Gasteiger partial charge is 0.342 e. The summed E-state index contributed by atoms with van der Waals surface area (Å²) < 4.78 is -0.626. The molecule has 0 rings (SSSR count). The van der Waals surface area contributed by atoms with Gasteiger partial charge in [0, 0.05) is 4.32 Å². The lowest BCUT2D eigenvalue weighted by Gasteiger charge is -2.09. The summed E-state index contributed by atoms with van der Waals surface area (Å²) in [4.78, 5) is 20.7. The van der Waals surface area contributed by atoms with E-state index in [0.29, 0.717) is 0 Å². The first-order valence-corrected chi connectivity index (χ1v) is 3.91. The van der Waals surface area contributed by atoms with Crippen LogP contribution in [0.15, 0.2) is 11.6 Å². The molecule has 0 aliphatic carbocycles. The van der Waals surface area contributed by atoms with Gasteiger partial charge in [0.05, 0.1) is 0 Å². The number of hydrogen-bond donors (Lipinski definition) is 2. The molecule has 12 heavy (non-hydrogen) atoms. The maximum absolute atomic E-state index is 10.3. The number of carbonyl (C=O) groups is 2. The molecule has 0 aromatic rings. The van der Waals surface area contributed by atoms with Crippen molar-refractivity contribution in [2.45, 2.75) is 18.2 Å². The number of allylic oxidation sites excluding steroid dienone is 1. The van der Waals surface area contributed by atoms with Gasteiger partial charge in [0.1, 0.15) is 5.57 Å². The monoisotopic (exact) mass is 236 g/mol. The van der Waals surface area contributed by atoms with E-state index in [9.17, 15) is 9.59 Å². The van der Waals surface area contributed by atoms with Crippen molar-refractivity contribution in [2.75, 3.05) is 0 Å². The van der Waals surface area contributed by atoms with Gasteiger partial charge in [-0.15, -0.1) is 0 Å². The molecule has 0 fully saturated rings. The van der Waals surface area contributed by atoms with E-state index in [-0.39, 0.29) is 0 Å². The Hall–Kier alpha value is -0.840. The van der Waals surface area contributed by atoms with Crippen LogP contribution in [0.25, 0.3) is 0 Å². The zero-order chi connectivity index (χ0) is 9.94. The van der Waals surface area contributed by atoms with Crippen molar-refractivity contribution in [1.29, 1.82) is 0 Å². The van der Waals surface area contributed by atoms with Crippen molar-refractivity contribution in [2.24, 2.45) is 0 Å². The number of carboxylic acid groups (broad SMARTS) is 2. The number of rotatable bonds is 3. The van der Waals surface area contributed by atoms with Gasteiger partial charge in [0.2, 0.25) is 0 Å². The Morgan fingerprint density at radius 3 is 1.67 bits per heavy atom. The Labute approximate surface area is 78.0 Å². The first-order valence-electron chi connectivity index (χ1n) is 3.12. The van der Waals surface area contributed by atoms with Crippen LogP contribution in [-0.2, 0) is 9.59 Å². The lowest BCUT2D eigenvalue weighted by atomic mass is 10.1. The molecule has 0 saturated carbocycles. The van der Waals surface area contributed by atoms with Crippen molar-refractivity contribution in [3.8, 4) is 0 Å². The van der Waals surface area contributed by atoms with Gasteiger partial charge in [-0.3, -0.25) is 0 Å². The van der Waals surface area contributed by atoms with Gasteiger partial charge in [0.25, 0.3) is 0 Å². The van der Waals surface area contributed by atoms with Crippen LogP contribution in [-0.4, -0.2) is 26.5 Å². The van der Waals surface area contributed by atoms with E-state index in [1.807, 2.05) is 0 Å². The molecule has 0 heterocycles. The molecule has 0 amide bonds. The van der Waals surface area contributed by atoms with Crippen molar-refractivity contribution in [3.63, 3.8) is 0 Å². The minimum absolute atomic E-state index is 0.626. The summed E-state index contributed by atoms with van der Waals surface area (Å²) in [6.07, 6.45) is 1.14. The van der Waals surface area contributed by atoms with Gasteiger partial charge < -0.3 is 10.2 Å². The molecule has 0 bridgehead atoms. The highest BCUT2D eigenvalue weighted by Crippen LogP contribution is 2.19. The summed E-state index contributed by atoms with van der Waals surface area (Å²) in [6.45, 7) is 3.30. The molecule has 0 atom stereocenters. The second-order valence-corrected chi connectivity index (χ2v) is 4.78. The van der Waals surface area contributed by atoms with Gasteiger partial charge in [-0.25, -0.2) is 9.59 Å². The Kier molecular flexibility index (Phi) is 3.45. The first kappa shape index (κ1) is 11.2. The SMILES string of the molecule is CC(C)(Br)C=C(C(=O)O)C(=O)O. The molecule has 5 heteroatoms. The molecule has 0 aromatic heterocycles. The van der Waals surface area contributed by atoms with E-state index in [0.717, 1.165) is 6.08 Å².